The van der Waals surface area contributed by atoms with E-state index in [9.17, 15) is 18.0 Å². The highest BCUT2D eigenvalue weighted by Crippen LogP contribution is 2.15. The number of benzene rings is 1. The number of carbonyl (C=O) groups excluding carboxylic acids is 2. The third-order valence-electron chi connectivity index (χ3n) is 4.04. The summed E-state index contributed by atoms with van der Waals surface area (Å²) in [5.41, 5.74) is 1.33. The zero-order chi connectivity index (χ0) is 19.4. The molecule has 1 saturated heterocycles. The van der Waals surface area contributed by atoms with Gasteiger partial charge in [-0.25, -0.2) is 23.2 Å². The van der Waals surface area contributed by atoms with Crippen LogP contribution in [0.25, 0.3) is 0 Å². The highest BCUT2D eigenvalue weighted by Gasteiger charge is 2.29. The van der Waals surface area contributed by atoms with Crippen LogP contribution in [0.3, 0.4) is 0 Å². The van der Waals surface area contributed by atoms with Crippen molar-refractivity contribution in [1.29, 1.82) is 0 Å². The number of amides is 1. The van der Waals surface area contributed by atoms with Crippen LogP contribution in [0.15, 0.2) is 36.7 Å². The normalized spacial score (nSPS) is 17.9. The fourth-order valence-corrected chi connectivity index (χ4v) is 4.30. The number of anilines is 2. The van der Waals surface area contributed by atoms with E-state index < -0.39 is 21.7 Å². The van der Waals surface area contributed by atoms with E-state index >= 15 is 0 Å². The van der Waals surface area contributed by atoms with Gasteiger partial charge in [0.1, 0.15) is 0 Å². The van der Waals surface area contributed by atoms with E-state index in [1.54, 1.807) is 24.3 Å². The number of esters is 1. The van der Waals surface area contributed by atoms with Gasteiger partial charge >= 0.3 is 5.97 Å². The molecule has 0 spiro atoms. The number of ether oxygens (including phenoxy) is 1. The molecule has 0 saturated carbocycles. The van der Waals surface area contributed by atoms with Crippen LogP contribution >= 0.6 is 0 Å². The van der Waals surface area contributed by atoms with Crippen molar-refractivity contribution >= 4 is 33.3 Å². The maximum Gasteiger partial charge on any atom is 0.337 e. The van der Waals surface area contributed by atoms with E-state index in [0.717, 1.165) is 0 Å². The number of rotatable bonds is 5. The first-order chi connectivity index (χ1) is 12.9. The number of methoxy groups -OCH3 is 1. The number of aromatic nitrogens is 2. The molecule has 0 bridgehead atoms. The van der Waals surface area contributed by atoms with Gasteiger partial charge < -0.3 is 15.4 Å². The third-order valence-corrected chi connectivity index (χ3v) is 5.81. The molecule has 0 aliphatic carbocycles. The van der Waals surface area contributed by atoms with Gasteiger partial charge in [-0.2, -0.15) is 0 Å². The summed E-state index contributed by atoms with van der Waals surface area (Å²) in [6, 6.07) is 6.18. The van der Waals surface area contributed by atoms with Gasteiger partial charge in [0, 0.05) is 24.1 Å². The Balaban J connectivity index is 1.60. The van der Waals surface area contributed by atoms with Crippen LogP contribution in [0, 0.1) is 0 Å². The molecule has 27 heavy (non-hydrogen) atoms. The van der Waals surface area contributed by atoms with E-state index in [2.05, 4.69) is 25.3 Å². The zero-order valence-corrected chi connectivity index (χ0v) is 15.3. The summed E-state index contributed by atoms with van der Waals surface area (Å²) in [7, 11) is -1.75. The summed E-state index contributed by atoms with van der Waals surface area (Å²) in [6.45, 7) is 0. The van der Waals surface area contributed by atoms with Crippen molar-refractivity contribution in [1.82, 2.24) is 15.3 Å². The van der Waals surface area contributed by atoms with Crippen LogP contribution in [-0.4, -0.2) is 54.9 Å². The molecule has 2 heterocycles. The van der Waals surface area contributed by atoms with E-state index in [4.69, 9.17) is 0 Å². The van der Waals surface area contributed by atoms with Gasteiger partial charge in [0.25, 0.3) is 5.91 Å². The lowest BCUT2D eigenvalue weighted by molar-refractivity contribution is 0.0600. The Hall–Kier alpha value is -3.01. The minimum Gasteiger partial charge on any atom is -0.465 e. The average molecular weight is 390 g/mol. The molecule has 2 N–H and O–H groups in total. The van der Waals surface area contributed by atoms with Crippen molar-refractivity contribution in [3.8, 4) is 0 Å². The van der Waals surface area contributed by atoms with Gasteiger partial charge in [0.2, 0.25) is 5.95 Å². The highest BCUT2D eigenvalue weighted by atomic mass is 32.2. The maximum absolute atomic E-state index is 12.2. The summed E-state index contributed by atoms with van der Waals surface area (Å²) < 4.78 is 27.5. The molecule has 1 atom stereocenters. The highest BCUT2D eigenvalue weighted by molar-refractivity contribution is 7.91. The molecular weight excluding hydrogens is 372 g/mol. The largest absolute Gasteiger partial charge is 0.465 e. The van der Waals surface area contributed by atoms with Crippen molar-refractivity contribution in [3.05, 3.63) is 47.8 Å². The fourth-order valence-electron chi connectivity index (χ4n) is 2.62. The lowest BCUT2D eigenvalue weighted by Gasteiger charge is -2.11. The molecular formula is C17H18N4O5S. The lowest BCUT2D eigenvalue weighted by Crippen LogP contribution is -2.35. The molecule has 9 nitrogen and oxygen atoms in total. The summed E-state index contributed by atoms with van der Waals surface area (Å²) >= 11 is 0. The van der Waals surface area contributed by atoms with Crippen LogP contribution in [0.1, 0.15) is 27.1 Å². The molecule has 1 aliphatic rings. The second-order valence-corrected chi connectivity index (χ2v) is 8.29. The Morgan fingerprint density at radius 2 is 1.78 bits per heavy atom. The maximum atomic E-state index is 12.2. The molecule has 1 aromatic heterocycles. The molecule has 1 fully saturated rings. The fraction of sp³-hybridized carbons (Fsp3) is 0.294. The molecule has 10 heteroatoms. The molecule has 142 valence electrons. The van der Waals surface area contributed by atoms with Gasteiger partial charge in [0.05, 0.1) is 29.7 Å². The smallest absolute Gasteiger partial charge is 0.337 e. The summed E-state index contributed by atoms with van der Waals surface area (Å²) in [5, 5.41) is 5.63. The Kier molecular flexibility index (Phi) is 5.36. The van der Waals surface area contributed by atoms with Crippen LogP contribution < -0.4 is 10.6 Å². The van der Waals surface area contributed by atoms with Gasteiger partial charge in [-0.3, -0.25) is 4.79 Å². The molecule has 1 aliphatic heterocycles. The van der Waals surface area contributed by atoms with Crippen molar-refractivity contribution in [2.24, 2.45) is 0 Å². The minimum absolute atomic E-state index is 0.0409. The summed E-state index contributed by atoms with van der Waals surface area (Å²) in [4.78, 5) is 31.7. The molecule has 3 rings (SSSR count). The first kappa shape index (κ1) is 18.8. The molecule has 2 aromatic rings. The van der Waals surface area contributed by atoms with E-state index in [1.807, 2.05) is 0 Å². The van der Waals surface area contributed by atoms with Crippen LogP contribution in [0.4, 0.5) is 11.6 Å². The molecule has 0 radical (unpaired) electrons. The number of sulfone groups is 1. The second kappa shape index (κ2) is 7.70. The SMILES string of the molecule is COC(=O)c1ccc(Nc2ncc(C(=O)NC3CCS(=O)(=O)C3)cn2)cc1. The first-order valence-electron chi connectivity index (χ1n) is 8.15. The molecule has 1 unspecified atom stereocenters. The van der Waals surface area contributed by atoms with Crippen molar-refractivity contribution in [2.45, 2.75) is 12.5 Å². The Bertz CT molecular complexity index is 942. The Morgan fingerprint density at radius 1 is 1.11 bits per heavy atom. The molecule has 1 amide bonds. The summed E-state index contributed by atoms with van der Waals surface area (Å²) in [6.07, 6.45) is 3.13. The monoisotopic (exact) mass is 390 g/mol. The summed E-state index contributed by atoms with van der Waals surface area (Å²) in [5.74, 6) is -0.512. The van der Waals surface area contributed by atoms with Crippen molar-refractivity contribution in [2.75, 3.05) is 23.9 Å². The predicted molar refractivity (Wildman–Crippen MR) is 97.6 cm³/mol. The number of carbonyl (C=O) groups is 2. The van der Waals surface area contributed by atoms with Gasteiger partial charge in [-0.15, -0.1) is 0 Å². The number of nitrogens with one attached hydrogen (secondary N) is 2. The van der Waals surface area contributed by atoms with Crippen LogP contribution in [-0.2, 0) is 14.6 Å². The lowest BCUT2D eigenvalue weighted by atomic mass is 10.2. The molecule has 1 aromatic carbocycles. The average Bonchev–Trinajstić information content (AvgIpc) is 3.00. The third kappa shape index (κ3) is 4.79. The van der Waals surface area contributed by atoms with E-state index in [-0.39, 0.29) is 29.1 Å². The zero-order valence-electron chi connectivity index (χ0n) is 14.5. The minimum atomic E-state index is -3.06. The van der Waals surface area contributed by atoms with Crippen LogP contribution in [0.5, 0.6) is 0 Å². The number of nitrogens with zero attached hydrogens (tertiary/aromatic N) is 2. The van der Waals surface area contributed by atoms with Gasteiger partial charge in [-0.1, -0.05) is 0 Å². The number of hydrogen-bond donors (Lipinski definition) is 2. The topological polar surface area (TPSA) is 127 Å². The predicted octanol–water partition coefficient (Wildman–Crippen LogP) is 0.924. The van der Waals surface area contributed by atoms with E-state index in [0.29, 0.717) is 17.7 Å². The van der Waals surface area contributed by atoms with Crippen molar-refractivity contribution < 1.29 is 22.7 Å². The van der Waals surface area contributed by atoms with Crippen LogP contribution in [0.2, 0.25) is 0 Å². The second-order valence-electron chi connectivity index (χ2n) is 6.06. The quantitative estimate of drug-likeness (QED) is 0.722. The first-order valence-corrected chi connectivity index (χ1v) is 9.97. The Morgan fingerprint density at radius 3 is 2.33 bits per heavy atom. The van der Waals surface area contributed by atoms with E-state index in [1.165, 1.54) is 19.5 Å². The Labute approximate surface area is 156 Å². The van der Waals surface area contributed by atoms with Crippen molar-refractivity contribution in [3.63, 3.8) is 0 Å². The number of hydrogen-bond acceptors (Lipinski definition) is 8. The van der Waals surface area contributed by atoms with Gasteiger partial charge in [0.15, 0.2) is 9.84 Å². The standard InChI is InChI=1S/C17H18N4O5S/c1-26-16(23)11-2-4-13(5-3-11)21-17-18-8-12(9-19-17)15(22)20-14-6-7-27(24,25)10-14/h2-5,8-9,14H,6-7,10H2,1H3,(H,20,22)(H,18,19,21). The van der Waals surface area contributed by atoms with Gasteiger partial charge in [-0.05, 0) is 30.7 Å².